The van der Waals surface area contributed by atoms with Crippen LogP contribution in [0.2, 0.25) is 0 Å². The summed E-state index contributed by atoms with van der Waals surface area (Å²) in [7, 11) is 0. The van der Waals surface area contributed by atoms with E-state index in [0.717, 1.165) is 22.5 Å². The van der Waals surface area contributed by atoms with Crippen molar-refractivity contribution in [2.45, 2.75) is 31.0 Å². The molecule has 5 rings (SSSR count). The summed E-state index contributed by atoms with van der Waals surface area (Å²) in [6, 6.07) is 17.1. The second kappa shape index (κ2) is 8.27. The van der Waals surface area contributed by atoms with Crippen LogP contribution < -0.4 is 10.1 Å². The van der Waals surface area contributed by atoms with Gasteiger partial charge in [0, 0.05) is 28.9 Å². The van der Waals surface area contributed by atoms with Gasteiger partial charge in [-0.2, -0.15) is 13.2 Å². The van der Waals surface area contributed by atoms with Gasteiger partial charge < -0.3 is 15.0 Å². The number of fused-ring (bicyclic) bond motifs is 1. The van der Waals surface area contributed by atoms with Gasteiger partial charge in [-0.15, -0.1) is 0 Å². The molecule has 0 spiro atoms. The summed E-state index contributed by atoms with van der Waals surface area (Å²) in [5.41, 5.74) is 2.00. The highest BCUT2D eigenvalue weighted by Crippen LogP contribution is 2.40. The number of aromatic amines is 1. The van der Waals surface area contributed by atoms with Crippen LogP contribution in [-0.4, -0.2) is 22.0 Å². The topological polar surface area (TPSA) is 67.0 Å². The van der Waals surface area contributed by atoms with Crippen molar-refractivity contribution in [2.75, 3.05) is 5.32 Å². The molecule has 2 N–H and O–H groups in total. The summed E-state index contributed by atoms with van der Waals surface area (Å²) in [4.78, 5) is 19.2. The maximum absolute atomic E-state index is 12.7. The second-order valence-electron chi connectivity index (χ2n) is 8.11. The molecule has 1 saturated carbocycles. The second-order valence-corrected chi connectivity index (χ2v) is 8.11. The number of pyridine rings is 1. The first-order valence-corrected chi connectivity index (χ1v) is 10.5. The number of benzene rings is 2. The predicted molar refractivity (Wildman–Crippen MR) is 118 cm³/mol. The SMILES string of the molecule is O=C(Nc1c[nH]c2ccc(OC3CC(c4ccc(C(F)(F)F)nc4)C3)cc12)c1ccccc1. The summed E-state index contributed by atoms with van der Waals surface area (Å²) < 4.78 is 44.1. The molecule has 2 aromatic heterocycles. The molecule has 0 atom stereocenters. The van der Waals surface area contributed by atoms with Gasteiger partial charge in [0.05, 0.1) is 11.8 Å². The smallest absolute Gasteiger partial charge is 0.433 e. The van der Waals surface area contributed by atoms with Crippen molar-refractivity contribution in [3.63, 3.8) is 0 Å². The fourth-order valence-corrected chi connectivity index (χ4v) is 4.00. The molecule has 2 heterocycles. The molecule has 168 valence electrons. The fourth-order valence-electron chi connectivity index (χ4n) is 4.00. The highest BCUT2D eigenvalue weighted by molar-refractivity contribution is 6.09. The van der Waals surface area contributed by atoms with E-state index in [-0.39, 0.29) is 17.9 Å². The number of ether oxygens (including phenoxy) is 1. The number of aromatic nitrogens is 2. The van der Waals surface area contributed by atoms with Crippen molar-refractivity contribution in [1.29, 1.82) is 0 Å². The van der Waals surface area contributed by atoms with E-state index in [4.69, 9.17) is 4.74 Å². The minimum atomic E-state index is -4.43. The van der Waals surface area contributed by atoms with Crippen molar-refractivity contribution >= 4 is 22.5 Å². The number of alkyl halides is 3. The number of carbonyl (C=O) groups excluding carboxylic acids is 1. The molecule has 1 amide bonds. The lowest BCUT2D eigenvalue weighted by Crippen LogP contribution is -2.32. The molecule has 0 bridgehead atoms. The van der Waals surface area contributed by atoms with Crippen LogP contribution in [0.1, 0.15) is 40.4 Å². The number of carbonyl (C=O) groups is 1. The number of amides is 1. The summed E-state index contributed by atoms with van der Waals surface area (Å²) in [5, 5.41) is 3.75. The molecule has 1 aliphatic rings. The number of nitrogens with one attached hydrogen (secondary N) is 2. The van der Waals surface area contributed by atoms with Crippen LogP contribution in [0.5, 0.6) is 5.75 Å². The van der Waals surface area contributed by atoms with E-state index in [1.807, 2.05) is 36.4 Å². The van der Waals surface area contributed by atoms with Gasteiger partial charge in [0.1, 0.15) is 11.4 Å². The van der Waals surface area contributed by atoms with Gasteiger partial charge in [-0.3, -0.25) is 9.78 Å². The van der Waals surface area contributed by atoms with Crippen LogP contribution in [0.3, 0.4) is 0 Å². The average Bonchev–Trinajstić information content (AvgIpc) is 3.18. The largest absolute Gasteiger partial charge is 0.490 e. The predicted octanol–water partition coefficient (Wildman–Crippen LogP) is 6.16. The molecule has 8 heteroatoms. The van der Waals surface area contributed by atoms with E-state index < -0.39 is 11.9 Å². The molecule has 33 heavy (non-hydrogen) atoms. The number of halogens is 3. The zero-order valence-corrected chi connectivity index (χ0v) is 17.4. The number of nitrogens with zero attached hydrogens (tertiary/aromatic N) is 1. The molecule has 0 unspecified atom stereocenters. The maximum Gasteiger partial charge on any atom is 0.433 e. The Morgan fingerprint density at radius 1 is 1.06 bits per heavy atom. The van der Waals surface area contributed by atoms with Gasteiger partial charge in [-0.25, -0.2) is 0 Å². The van der Waals surface area contributed by atoms with Crippen molar-refractivity contribution in [3.05, 3.63) is 89.9 Å². The molecular formula is C25H20F3N3O2. The molecule has 0 radical (unpaired) electrons. The highest BCUT2D eigenvalue weighted by Gasteiger charge is 2.35. The lowest BCUT2D eigenvalue weighted by molar-refractivity contribution is -0.141. The van der Waals surface area contributed by atoms with Gasteiger partial charge >= 0.3 is 6.18 Å². The van der Waals surface area contributed by atoms with Crippen molar-refractivity contribution < 1.29 is 22.7 Å². The zero-order valence-electron chi connectivity index (χ0n) is 17.4. The summed E-state index contributed by atoms with van der Waals surface area (Å²) >= 11 is 0. The average molecular weight is 451 g/mol. The Labute approximate surface area is 187 Å². The van der Waals surface area contributed by atoms with Gasteiger partial charge in [0.2, 0.25) is 0 Å². The Hall–Kier alpha value is -3.81. The van der Waals surface area contributed by atoms with Crippen molar-refractivity contribution in [3.8, 4) is 5.75 Å². The Morgan fingerprint density at radius 3 is 2.55 bits per heavy atom. The Morgan fingerprint density at radius 2 is 1.85 bits per heavy atom. The molecule has 2 aromatic carbocycles. The third-order valence-corrected chi connectivity index (χ3v) is 5.88. The van der Waals surface area contributed by atoms with Gasteiger partial charge in [-0.1, -0.05) is 24.3 Å². The number of rotatable bonds is 5. The molecule has 1 fully saturated rings. The quantitative estimate of drug-likeness (QED) is 0.382. The van der Waals surface area contributed by atoms with Gasteiger partial charge in [0.25, 0.3) is 5.91 Å². The standard InChI is InChI=1S/C25H20F3N3O2/c26-25(27,28)23-9-6-16(13-30-23)17-10-19(11-17)33-18-7-8-21-20(12-18)22(14-29-21)31-24(32)15-4-2-1-3-5-15/h1-9,12-14,17,19,29H,10-11H2,(H,31,32). The third-order valence-electron chi connectivity index (χ3n) is 5.88. The van der Waals surface area contributed by atoms with E-state index in [1.54, 1.807) is 18.3 Å². The van der Waals surface area contributed by atoms with Crippen LogP contribution in [0.4, 0.5) is 18.9 Å². The van der Waals surface area contributed by atoms with E-state index >= 15 is 0 Å². The minimum absolute atomic E-state index is 0.0314. The lowest BCUT2D eigenvalue weighted by atomic mass is 9.78. The summed E-state index contributed by atoms with van der Waals surface area (Å²) in [6.45, 7) is 0. The Balaban J connectivity index is 1.23. The Bertz CT molecular complexity index is 1280. The summed E-state index contributed by atoms with van der Waals surface area (Å²) in [5.74, 6) is 0.600. The van der Waals surface area contributed by atoms with Gasteiger partial charge in [-0.05, 0) is 60.7 Å². The van der Waals surface area contributed by atoms with E-state index in [1.165, 1.54) is 12.3 Å². The van der Waals surface area contributed by atoms with Crippen LogP contribution >= 0.6 is 0 Å². The highest BCUT2D eigenvalue weighted by atomic mass is 19.4. The van der Waals surface area contributed by atoms with Gasteiger partial charge in [0.15, 0.2) is 0 Å². The first-order valence-electron chi connectivity index (χ1n) is 10.5. The van der Waals surface area contributed by atoms with Crippen molar-refractivity contribution in [2.24, 2.45) is 0 Å². The molecular weight excluding hydrogens is 431 g/mol. The van der Waals surface area contributed by atoms with Crippen LogP contribution in [-0.2, 0) is 6.18 Å². The van der Waals surface area contributed by atoms with Crippen LogP contribution in [0.15, 0.2) is 73.1 Å². The van der Waals surface area contributed by atoms with E-state index in [9.17, 15) is 18.0 Å². The maximum atomic E-state index is 12.7. The number of hydrogen-bond donors (Lipinski definition) is 2. The minimum Gasteiger partial charge on any atom is -0.490 e. The molecule has 5 nitrogen and oxygen atoms in total. The zero-order chi connectivity index (χ0) is 23.0. The molecule has 0 saturated heterocycles. The molecule has 1 aliphatic carbocycles. The number of anilines is 1. The fraction of sp³-hybridized carbons (Fsp3) is 0.200. The third kappa shape index (κ3) is 4.41. The first-order chi connectivity index (χ1) is 15.9. The Kier molecular flexibility index (Phi) is 5.28. The van der Waals surface area contributed by atoms with E-state index in [0.29, 0.717) is 29.8 Å². The van der Waals surface area contributed by atoms with E-state index in [2.05, 4.69) is 15.3 Å². The number of hydrogen-bond acceptors (Lipinski definition) is 3. The molecule has 0 aliphatic heterocycles. The first kappa shape index (κ1) is 21.1. The monoisotopic (exact) mass is 451 g/mol. The summed E-state index contributed by atoms with van der Waals surface area (Å²) in [6.07, 6.45) is -0.00837. The van der Waals surface area contributed by atoms with Crippen LogP contribution in [0, 0.1) is 0 Å². The van der Waals surface area contributed by atoms with Crippen molar-refractivity contribution in [1.82, 2.24) is 9.97 Å². The normalized spacial score (nSPS) is 18.0. The molecule has 4 aromatic rings. The van der Waals surface area contributed by atoms with Crippen LogP contribution in [0.25, 0.3) is 10.9 Å². The lowest BCUT2D eigenvalue weighted by Gasteiger charge is -2.35. The number of H-pyrrole nitrogens is 1.